The van der Waals surface area contributed by atoms with Gasteiger partial charge in [0.05, 0.1) is 12.6 Å². The average Bonchev–Trinajstić information content (AvgIpc) is 2.73. The summed E-state index contributed by atoms with van der Waals surface area (Å²) in [5, 5.41) is 3.68. The topological polar surface area (TPSA) is 78.3 Å². The summed E-state index contributed by atoms with van der Waals surface area (Å²) in [6.45, 7) is 5.02. The van der Waals surface area contributed by atoms with Crippen LogP contribution in [0.3, 0.4) is 0 Å². The second kappa shape index (κ2) is 7.01. The first-order valence-electron chi connectivity index (χ1n) is 6.20. The van der Waals surface area contributed by atoms with Crippen LogP contribution in [0, 0.1) is 0 Å². The van der Waals surface area contributed by atoms with E-state index in [1.165, 1.54) is 0 Å². The molecule has 2 atom stereocenters. The van der Waals surface area contributed by atoms with Crippen LogP contribution in [0.15, 0.2) is 5.11 Å². The highest BCUT2D eigenvalue weighted by Gasteiger charge is 2.34. The Kier molecular flexibility index (Phi) is 5.63. The normalized spacial score (nSPS) is 23.3. The molecule has 1 heterocycles. The number of likely N-dealkylation sites (tertiary alicyclic amines) is 1. The quantitative estimate of drug-likeness (QED) is 0.320. The van der Waals surface area contributed by atoms with Crippen molar-refractivity contribution in [3.63, 3.8) is 0 Å². The summed E-state index contributed by atoms with van der Waals surface area (Å²) in [7, 11) is 0. The number of hydrogen-bond donors (Lipinski definition) is 0. The molecule has 0 aliphatic carbocycles. The summed E-state index contributed by atoms with van der Waals surface area (Å²) >= 11 is 0. The van der Waals surface area contributed by atoms with Gasteiger partial charge in [-0.1, -0.05) is 25.4 Å². The van der Waals surface area contributed by atoms with Crippen LogP contribution in [0.5, 0.6) is 0 Å². The molecule has 0 N–H and O–H groups in total. The highest BCUT2D eigenvalue weighted by molar-refractivity contribution is 5.68. The van der Waals surface area contributed by atoms with Crippen LogP contribution in [0.4, 0.5) is 4.79 Å². The van der Waals surface area contributed by atoms with Crippen LogP contribution in [-0.2, 0) is 4.74 Å². The zero-order valence-electron chi connectivity index (χ0n) is 10.5. The molecule has 1 rings (SSSR count). The lowest BCUT2D eigenvalue weighted by Crippen LogP contribution is -2.36. The fourth-order valence-corrected chi connectivity index (χ4v) is 2.05. The van der Waals surface area contributed by atoms with Gasteiger partial charge in [-0.25, -0.2) is 4.79 Å². The van der Waals surface area contributed by atoms with Crippen molar-refractivity contribution in [2.24, 2.45) is 5.11 Å². The summed E-state index contributed by atoms with van der Waals surface area (Å²) in [4.78, 5) is 16.3. The molecule has 6 heteroatoms. The largest absolute Gasteiger partial charge is 0.449 e. The molecule has 96 valence electrons. The first-order valence-corrected chi connectivity index (χ1v) is 6.20. The van der Waals surface area contributed by atoms with Crippen molar-refractivity contribution in [3.8, 4) is 0 Å². The molecular weight excluding hydrogens is 220 g/mol. The zero-order chi connectivity index (χ0) is 12.7. The van der Waals surface area contributed by atoms with Gasteiger partial charge in [-0.3, -0.25) is 0 Å². The van der Waals surface area contributed by atoms with Crippen molar-refractivity contribution in [3.05, 3.63) is 10.4 Å². The monoisotopic (exact) mass is 240 g/mol. The van der Waals surface area contributed by atoms with E-state index in [2.05, 4.69) is 16.9 Å². The molecule has 0 aromatic heterocycles. The molecule has 1 aliphatic rings. The van der Waals surface area contributed by atoms with Gasteiger partial charge in [-0.15, -0.1) is 0 Å². The lowest BCUT2D eigenvalue weighted by Gasteiger charge is -2.22. The molecule has 0 aromatic rings. The molecule has 1 fully saturated rings. The predicted molar refractivity (Wildman–Crippen MR) is 64.6 cm³/mol. The Balaban J connectivity index is 2.50. The maximum absolute atomic E-state index is 11.8. The zero-order valence-corrected chi connectivity index (χ0v) is 10.5. The van der Waals surface area contributed by atoms with E-state index < -0.39 is 0 Å². The van der Waals surface area contributed by atoms with Crippen LogP contribution >= 0.6 is 0 Å². The van der Waals surface area contributed by atoms with Gasteiger partial charge in [-0.2, -0.15) is 0 Å². The number of carbonyl (C=O) groups excluding carboxylic acids is 1. The summed E-state index contributed by atoms with van der Waals surface area (Å²) in [5.41, 5.74) is 8.41. The predicted octanol–water partition coefficient (Wildman–Crippen LogP) is 3.09. The van der Waals surface area contributed by atoms with Crippen LogP contribution in [-0.4, -0.2) is 36.2 Å². The molecule has 0 aromatic carbocycles. The van der Waals surface area contributed by atoms with Crippen LogP contribution in [0.2, 0.25) is 0 Å². The molecule has 6 nitrogen and oxygen atoms in total. The van der Waals surface area contributed by atoms with Gasteiger partial charge >= 0.3 is 6.09 Å². The van der Waals surface area contributed by atoms with Gasteiger partial charge in [0, 0.05) is 17.5 Å². The van der Waals surface area contributed by atoms with E-state index in [1.54, 1.807) is 4.90 Å². The number of carbonyl (C=O) groups is 1. The second-order valence-electron chi connectivity index (χ2n) is 4.28. The summed E-state index contributed by atoms with van der Waals surface area (Å²) in [5.74, 6) is 0. The lowest BCUT2D eigenvalue weighted by molar-refractivity contribution is 0.0960. The van der Waals surface area contributed by atoms with E-state index >= 15 is 0 Å². The highest BCUT2D eigenvalue weighted by atomic mass is 16.6. The maximum atomic E-state index is 11.8. The molecule has 2 unspecified atom stereocenters. The minimum absolute atomic E-state index is 0.108. The fourth-order valence-electron chi connectivity index (χ4n) is 2.05. The van der Waals surface area contributed by atoms with Crippen LogP contribution in [0.25, 0.3) is 10.4 Å². The minimum atomic E-state index is -0.277. The third kappa shape index (κ3) is 3.82. The summed E-state index contributed by atoms with van der Waals surface area (Å²) in [6.07, 6.45) is 3.21. The standard InChI is InChI=1S/C11H20N4O2/c1-3-5-6-17-11(16)15-8-9(13-14-12)7-10(15)4-2/h9-10H,3-8H2,1-2H3. The molecule has 1 saturated heterocycles. The highest BCUT2D eigenvalue weighted by Crippen LogP contribution is 2.23. The molecule has 0 spiro atoms. The smallest absolute Gasteiger partial charge is 0.410 e. The van der Waals surface area contributed by atoms with Crippen molar-refractivity contribution in [1.29, 1.82) is 0 Å². The van der Waals surface area contributed by atoms with Gasteiger partial charge in [0.15, 0.2) is 0 Å². The van der Waals surface area contributed by atoms with Gasteiger partial charge in [-0.05, 0) is 24.8 Å². The molecule has 0 radical (unpaired) electrons. The van der Waals surface area contributed by atoms with E-state index in [4.69, 9.17) is 10.3 Å². The van der Waals surface area contributed by atoms with E-state index in [1.807, 2.05) is 6.92 Å². The van der Waals surface area contributed by atoms with Crippen LogP contribution < -0.4 is 0 Å². The van der Waals surface area contributed by atoms with Crippen molar-refractivity contribution >= 4 is 6.09 Å². The van der Waals surface area contributed by atoms with E-state index in [0.29, 0.717) is 13.2 Å². The number of ether oxygens (including phenoxy) is 1. The SMILES string of the molecule is CCCCOC(=O)N1CC(N=[N+]=[N-])CC1CC. The van der Waals surface area contributed by atoms with E-state index in [-0.39, 0.29) is 18.2 Å². The van der Waals surface area contributed by atoms with Crippen molar-refractivity contribution in [2.45, 2.75) is 51.6 Å². The first-order chi connectivity index (χ1) is 8.22. The fraction of sp³-hybridized carbons (Fsp3) is 0.909. The summed E-state index contributed by atoms with van der Waals surface area (Å²) in [6, 6.07) is 0.0308. The molecular formula is C11H20N4O2. The van der Waals surface area contributed by atoms with E-state index in [0.717, 1.165) is 25.7 Å². The average molecular weight is 240 g/mol. The van der Waals surface area contributed by atoms with Gasteiger partial charge in [0.1, 0.15) is 0 Å². The third-order valence-electron chi connectivity index (χ3n) is 3.04. The Morgan fingerprint density at radius 2 is 2.35 bits per heavy atom. The Hall–Kier alpha value is -1.42. The number of amides is 1. The lowest BCUT2D eigenvalue weighted by atomic mass is 10.1. The number of hydrogen-bond acceptors (Lipinski definition) is 3. The number of nitrogens with zero attached hydrogens (tertiary/aromatic N) is 4. The molecule has 1 aliphatic heterocycles. The number of unbranched alkanes of at least 4 members (excludes halogenated alkanes) is 1. The minimum Gasteiger partial charge on any atom is -0.449 e. The molecule has 0 bridgehead atoms. The first kappa shape index (κ1) is 13.6. The van der Waals surface area contributed by atoms with Crippen molar-refractivity contribution in [1.82, 2.24) is 4.90 Å². The summed E-state index contributed by atoms with van der Waals surface area (Å²) < 4.78 is 5.18. The number of azide groups is 1. The van der Waals surface area contributed by atoms with Crippen molar-refractivity contribution in [2.75, 3.05) is 13.2 Å². The van der Waals surface area contributed by atoms with Gasteiger partial charge in [0.2, 0.25) is 0 Å². The Morgan fingerprint density at radius 1 is 1.59 bits per heavy atom. The Bertz CT molecular complexity index is 302. The number of rotatable bonds is 5. The molecule has 0 saturated carbocycles. The van der Waals surface area contributed by atoms with Gasteiger partial charge in [0.25, 0.3) is 0 Å². The van der Waals surface area contributed by atoms with Crippen LogP contribution in [0.1, 0.15) is 39.5 Å². The maximum Gasteiger partial charge on any atom is 0.410 e. The van der Waals surface area contributed by atoms with Gasteiger partial charge < -0.3 is 9.64 Å². The second-order valence-corrected chi connectivity index (χ2v) is 4.28. The third-order valence-corrected chi connectivity index (χ3v) is 3.04. The molecule has 1 amide bonds. The Morgan fingerprint density at radius 3 is 2.94 bits per heavy atom. The Labute approximate surface area is 102 Å². The van der Waals surface area contributed by atoms with E-state index in [9.17, 15) is 4.79 Å². The molecule has 17 heavy (non-hydrogen) atoms. The van der Waals surface area contributed by atoms with Crippen molar-refractivity contribution < 1.29 is 9.53 Å².